The zero-order chi connectivity index (χ0) is 21.5. The fourth-order valence-corrected chi connectivity index (χ4v) is 4.16. The standard InChI is InChI=1S/C23H30O7/c1-2-4-15-6-8-16(9-7-15)5-3-14-28-18-12-10-17(11-13-18)23-29-19(21(24)25)20(30-23)22(26)27/h3,5,10-13,15-16,19-20,23H,2,4,6-9,14H2,1H3,(H,24,25)(H,26,27)/t15-,16-,19-,20-/m1/s1. The molecule has 0 radical (unpaired) electrons. The van der Waals surface area contributed by atoms with E-state index >= 15 is 0 Å². The van der Waals surface area contributed by atoms with Gasteiger partial charge in [-0.1, -0.05) is 44.1 Å². The quantitative estimate of drug-likeness (QED) is 0.580. The second-order valence-corrected chi connectivity index (χ2v) is 8.00. The van der Waals surface area contributed by atoms with Crippen LogP contribution in [0.15, 0.2) is 36.4 Å². The molecular weight excluding hydrogens is 388 g/mol. The molecule has 3 rings (SSSR count). The van der Waals surface area contributed by atoms with Crippen molar-refractivity contribution in [1.29, 1.82) is 0 Å². The lowest BCUT2D eigenvalue weighted by molar-refractivity contribution is -0.156. The second kappa shape index (κ2) is 10.6. The van der Waals surface area contributed by atoms with E-state index in [9.17, 15) is 9.59 Å². The maximum absolute atomic E-state index is 11.2. The smallest absolute Gasteiger partial charge is 0.336 e. The Morgan fingerprint density at radius 2 is 1.63 bits per heavy atom. The number of hydrogen-bond acceptors (Lipinski definition) is 5. The van der Waals surface area contributed by atoms with Gasteiger partial charge in [-0.15, -0.1) is 0 Å². The molecule has 2 N–H and O–H groups in total. The van der Waals surface area contributed by atoms with Crippen molar-refractivity contribution in [3.63, 3.8) is 0 Å². The van der Waals surface area contributed by atoms with Crippen LogP contribution < -0.4 is 4.74 Å². The monoisotopic (exact) mass is 418 g/mol. The van der Waals surface area contributed by atoms with Crippen LogP contribution in [0.1, 0.15) is 57.3 Å². The first-order valence-electron chi connectivity index (χ1n) is 10.6. The van der Waals surface area contributed by atoms with Crippen molar-refractivity contribution in [3.05, 3.63) is 42.0 Å². The highest BCUT2D eigenvalue weighted by atomic mass is 16.7. The fourth-order valence-electron chi connectivity index (χ4n) is 4.16. The highest BCUT2D eigenvalue weighted by molar-refractivity contribution is 5.84. The number of ether oxygens (including phenoxy) is 3. The van der Waals surface area contributed by atoms with Crippen LogP contribution >= 0.6 is 0 Å². The molecule has 1 saturated carbocycles. The summed E-state index contributed by atoms with van der Waals surface area (Å²) < 4.78 is 16.2. The van der Waals surface area contributed by atoms with Gasteiger partial charge in [0, 0.05) is 5.56 Å². The van der Waals surface area contributed by atoms with E-state index in [4.69, 9.17) is 24.4 Å². The van der Waals surface area contributed by atoms with Gasteiger partial charge < -0.3 is 24.4 Å². The molecule has 0 spiro atoms. The number of rotatable bonds is 9. The maximum atomic E-state index is 11.2. The SMILES string of the molecule is CCC[C@H]1CC[C@H](C=CCOc2ccc(C3O[C@@H](C(=O)O)[C@H](C(=O)O)O3)cc2)CC1. The molecule has 1 saturated heterocycles. The van der Waals surface area contributed by atoms with E-state index in [1.807, 2.05) is 0 Å². The number of carboxylic acids is 2. The summed E-state index contributed by atoms with van der Waals surface area (Å²) in [6.07, 6.45) is 7.99. The lowest BCUT2D eigenvalue weighted by Gasteiger charge is -2.26. The van der Waals surface area contributed by atoms with Crippen LogP contribution in [0.4, 0.5) is 0 Å². The van der Waals surface area contributed by atoms with Gasteiger partial charge in [0.1, 0.15) is 12.4 Å². The van der Waals surface area contributed by atoms with Crippen molar-refractivity contribution >= 4 is 11.9 Å². The Balaban J connectivity index is 1.45. The van der Waals surface area contributed by atoms with Crippen LogP contribution in [0, 0.1) is 11.8 Å². The van der Waals surface area contributed by atoms with E-state index in [2.05, 4.69) is 19.1 Å². The third-order valence-electron chi connectivity index (χ3n) is 5.80. The largest absolute Gasteiger partial charge is 0.490 e. The van der Waals surface area contributed by atoms with Crippen molar-refractivity contribution in [2.45, 2.75) is 63.9 Å². The average molecular weight is 418 g/mol. The van der Waals surface area contributed by atoms with E-state index in [0.717, 1.165) is 5.92 Å². The molecule has 0 bridgehead atoms. The van der Waals surface area contributed by atoms with Crippen molar-refractivity contribution < 1.29 is 34.0 Å². The molecule has 2 fully saturated rings. The van der Waals surface area contributed by atoms with Crippen molar-refractivity contribution in [3.8, 4) is 5.75 Å². The minimum Gasteiger partial charge on any atom is -0.490 e. The molecular formula is C23H30O7. The molecule has 1 aliphatic heterocycles. The first kappa shape index (κ1) is 22.3. The van der Waals surface area contributed by atoms with E-state index in [1.165, 1.54) is 38.5 Å². The van der Waals surface area contributed by atoms with Gasteiger partial charge in [-0.25, -0.2) is 9.59 Å². The van der Waals surface area contributed by atoms with Gasteiger partial charge in [0.25, 0.3) is 0 Å². The molecule has 1 aromatic rings. The molecule has 1 aliphatic carbocycles. The predicted octanol–water partition coefficient (Wildman–Crippen LogP) is 4.18. The molecule has 164 valence electrons. The molecule has 0 unspecified atom stereocenters. The number of hydrogen-bond donors (Lipinski definition) is 2. The third kappa shape index (κ3) is 5.83. The molecule has 0 aromatic heterocycles. The average Bonchev–Trinajstić information content (AvgIpc) is 3.19. The van der Waals surface area contributed by atoms with Crippen LogP contribution in [0.25, 0.3) is 0 Å². The highest BCUT2D eigenvalue weighted by Crippen LogP contribution is 2.33. The summed E-state index contributed by atoms with van der Waals surface area (Å²) in [5.74, 6) is -0.521. The maximum Gasteiger partial charge on any atom is 0.336 e. The summed E-state index contributed by atoms with van der Waals surface area (Å²) in [6.45, 7) is 2.73. The lowest BCUT2D eigenvalue weighted by atomic mass is 9.80. The van der Waals surface area contributed by atoms with E-state index in [0.29, 0.717) is 23.8 Å². The van der Waals surface area contributed by atoms with Gasteiger partial charge in [0.05, 0.1) is 0 Å². The van der Waals surface area contributed by atoms with Crippen LogP contribution in [0.3, 0.4) is 0 Å². The summed E-state index contributed by atoms with van der Waals surface area (Å²) >= 11 is 0. The molecule has 1 aromatic carbocycles. The van der Waals surface area contributed by atoms with Gasteiger partial charge in [-0.2, -0.15) is 0 Å². The molecule has 1 heterocycles. The summed E-state index contributed by atoms with van der Waals surface area (Å²) in [5.41, 5.74) is 0.539. The van der Waals surface area contributed by atoms with Crippen molar-refractivity contribution in [1.82, 2.24) is 0 Å². The molecule has 7 heteroatoms. The van der Waals surface area contributed by atoms with Gasteiger partial charge >= 0.3 is 11.9 Å². The summed E-state index contributed by atoms with van der Waals surface area (Å²) in [4.78, 5) is 22.3. The van der Waals surface area contributed by atoms with Gasteiger partial charge in [0.15, 0.2) is 18.5 Å². The van der Waals surface area contributed by atoms with Crippen LogP contribution in [-0.4, -0.2) is 41.0 Å². The summed E-state index contributed by atoms with van der Waals surface area (Å²) in [7, 11) is 0. The topological polar surface area (TPSA) is 102 Å². The number of carbonyl (C=O) groups is 2. The Labute approximate surface area is 176 Å². The van der Waals surface area contributed by atoms with Crippen molar-refractivity contribution in [2.75, 3.05) is 6.61 Å². The van der Waals surface area contributed by atoms with Crippen LogP contribution in [-0.2, 0) is 19.1 Å². The molecule has 30 heavy (non-hydrogen) atoms. The molecule has 0 amide bonds. The summed E-state index contributed by atoms with van der Waals surface area (Å²) in [6, 6.07) is 6.83. The fraction of sp³-hybridized carbons (Fsp3) is 0.565. The lowest BCUT2D eigenvalue weighted by Crippen LogP contribution is -2.36. The molecule has 2 atom stereocenters. The summed E-state index contributed by atoms with van der Waals surface area (Å²) in [5, 5.41) is 18.2. The molecule has 2 aliphatic rings. The van der Waals surface area contributed by atoms with Crippen molar-refractivity contribution in [2.24, 2.45) is 11.8 Å². The minimum absolute atomic E-state index is 0.479. The predicted molar refractivity (Wildman–Crippen MR) is 109 cm³/mol. The van der Waals surface area contributed by atoms with E-state index in [-0.39, 0.29) is 0 Å². The number of benzene rings is 1. The third-order valence-corrected chi connectivity index (χ3v) is 5.80. The number of allylic oxidation sites excluding steroid dienone is 1. The number of aliphatic carboxylic acids is 2. The Hall–Kier alpha value is -2.38. The van der Waals surface area contributed by atoms with Crippen LogP contribution in [0.5, 0.6) is 5.75 Å². The first-order chi connectivity index (χ1) is 14.5. The minimum atomic E-state index is -1.54. The first-order valence-corrected chi connectivity index (χ1v) is 10.6. The van der Waals surface area contributed by atoms with Gasteiger partial charge in [-0.3, -0.25) is 0 Å². The Morgan fingerprint density at radius 3 is 2.17 bits per heavy atom. The number of carboxylic acid groups (broad SMARTS) is 2. The Morgan fingerprint density at radius 1 is 1.03 bits per heavy atom. The van der Waals surface area contributed by atoms with E-state index < -0.39 is 30.4 Å². The van der Waals surface area contributed by atoms with E-state index in [1.54, 1.807) is 24.3 Å². The Bertz CT molecular complexity index is 712. The van der Waals surface area contributed by atoms with Crippen LogP contribution in [0.2, 0.25) is 0 Å². The second-order valence-electron chi connectivity index (χ2n) is 8.00. The normalized spacial score (nSPS) is 27.4. The zero-order valence-corrected chi connectivity index (χ0v) is 17.2. The zero-order valence-electron chi connectivity index (χ0n) is 17.2. The van der Waals surface area contributed by atoms with Gasteiger partial charge in [0.2, 0.25) is 0 Å². The highest BCUT2D eigenvalue weighted by Gasteiger charge is 2.46. The molecule has 7 nitrogen and oxygen atoms in total. The Kier molecular flexibility index (Phi) is 7.87. The van der Waals surface area contributed by atoms with Gasteiger partial charge in [-0.05, 0) is 49.7 Å².